The van der Waals surface area contributed by atoms with Crippen molar-refractivity contribution in [1.29, 1.82) is 0 Å². The number of fused-ring (bicyclic) bond motifs is 1. The van der Waals surface area contributed by atoms with E-state index >= 15 is 0 Å². The predicted octanol–water partition coefficient (Wildman–Crippen LogP) is -1.29. The molecule has 2 heterocycles. The fraction of sp³-hybridized carbons (Fsp3) is 1.00. The molecule has 0 spiro atoms. The Hall–Kier alpha value is -0.160. The average molecular weight is 170 g/mol. The molecule has 0 bridgehead atoms. The van der Waals surface area contributed by atoms with Gasteiger partial charge in [-0.15, -0.1) is 0 Å². The lowest BCUT2D eigenvalue weighted by molar-refractivity contribution is 0.0109. The maximum absolute atomic E-state index is 3.52. The molecule has 0 aromatic rings. The smallest absolute Gasteiger partial charge is 0.0892 e. The second kappa shape index (κ2) is 3.30. The summed E-state index contributed by atoms with van der Waals surface area (Å²) in [5.74, 6) is 0. The van der Waals surface area contributed by atoms with Gasteiger partial charge in [0, 0.05) is 26.2 Å². The van der Waals surface area contributed by atoms with Crippen LogP contribution in [0.4, 0.5) is 0 Å². The highest BCUT2D eigenvalue weighted by atomic mass is 15.4. The maximum atomic E-state index is 3.52. The van der Waals surface area contributed by atoms with Crippen molar-refractivity contribution in [2.45, 2.75) is 12.3 Å². The number of likely N-dealkylation sites (N-methyl/N-ethyl adjacent to an activating group) is 2. The normalized spacial score (nSPS) is 39.5. The highest BCUT2D eigenvalue weighted by molar-refractivity contribution is 4.88. The van der Waals surface area contributed by atoms with Gasteiger partial charge in [0.15, 0.2) is 0 Å². The van der Waals surface area contributed by atoms with Crippen LogP contribution in [0.2, 0.25) is 0 Å². The van der Waals surface area contributed by atoms with Crippen molar-refractivity contribution in [3.8, 4) is 0 Å². The van der Waals surface area contributed by atoms with Gasteiger partial charge in [0.1, 0.15) is 0 Å². The summed E-state index contributed by atoms with van der Waals surface area (Å²) < 4.78 is 0. The van der Waals surface area contributed by atoms with E-state index in [1.807, 2.05) is 0 Å². The molecule has 0 saturated carbocycles. The lowest BCUT2D eigenvalue weighted by Crippen LogP contribution is -2.71. The first-order chi connectivity index (χ1) is 5.79. The lowest BCUT2D eigenvalue weighted by atomic mass is 10.2. The molecule has 2 rings (SSSR count). The Morgan fingerprint density at radius 1 is 0.917 bits per heavy atom. The Kier molecular flexibility index (Phi) is 2.32. The van der Waals surface area contributed by atoms with E-state index in [9.17, 15) is 0 Å². The van der Waals surface area contributed by atoms with Crippen molar-refractivity contribution in [2.24, 2.45) is 0 Å². The zero-order valence-electron chi connectivity index (χ0n) is 7.88. The summed E-state index contributed by atoms with van der Waals surface area (Å²) in [6.45, 7) is 4.48. The van der Waals surface area contributed by atoms with Crippen LogP contribution in [0.15, 0.2) is 0 Å². The van der Waals surface area contributed by atoms with E-state index in [1.54, 1.807) is 0 Å². The van der Waals surface area contributed by atoms with E-state index in [-0.39, 0.29) is 0 Å². The first kappa shape index (κ1) is 8.44. The Labute approximate surface area is 73.9 Å². The molecule has 0 aromatic carbocycles. The quantitative estimate of drug-likeness (QED) is 0.473. The third-order valence-corrected chi connectivity index (χ3v) is 2.88. The molecule has 2 aliphatic rings. The number of hydrogen-bond acceptors (Lipinski definition) is 4. The summed E-state index contributed by atoms with van der Waals surface area (Å²) in [5, 5.41) is 7.05. The molecule has 2 saturated heterocycles. The van der Waals surface area contributed by atoms with Gasteiger partial charge in [0.2, 0.25) is 0 Å². The third kappa shape index (κ3) is 1.35. The zero-order valence-corrected chi connectivity index (χ0v) is 7.88. The van der Waals surface area contributed by atoms with Gasteiger partial charge in [-0.3, -0.25) is 20.4 Å². The Bertz CT molecular complexity index is 143. The highest BCUT2D eigenvalue weighted by Crippen LogP contribution is 2.10. The number of rotatable bonds is 0. The Balaban J connectivity index is 2.05. The van der Waals surface area contributed by atoms with Crippen molar-refractivity contribution >= 4 is 0 Å². The third-order valence-electron chi connectivity index (χ3n) is 2.88. The van der Waals surface area contributed by atoms with Crippen LogP contribution < -0.4 is 10.6 Å². The van der Waals surface area contributed by atoms with Gasteiger partial charge in [-0.25, -0.2) is 0 Å². The molecule has 4 heteroatoms. The molecule has 70 valence electrons. The van der Waals surface area contributed by atoms with Crippen molar-refractivity contribution in [3.05, 3.63) is 0 Å². The van der Waals surface area contributed by atoms with Gasteiger partial charge >= 0.3 is 0 Å². The summed E-state index contributed by atoms with van der Waals surface area (Å²) in [6, 6.07) is 0. The van der Waals surface area contributed by atoms with Gasteiger partial charge < -0.3 is 0 Å². The minimum absolute atomic E-state index is 0.498. The molecule has 2 unspecified atom stereocenters. The van der Waals surface area contributed by atoms with Crippen LogP contribution in [0.25, 0.3) is 0 Å². The number of hydrogen-bond donors (Lipinski definition) is 2. The summed E-state index contributed by atoms with van der Waals surface area (Å²) >= 11 is 0. The molecular formula is C8H18N4. The number of nitrogens with one attached hydrogen (secondary N) is 2. The van der Waals surface area contributed by atoms with Crippen LogP contribution >= 0.6 is 0 Å². The van der Waals surface area contributed by atoms with E-state index in [0.29, 0.717) is 12.3 Å². The fourth-order valence-corrected chi connectivity index (χ4v) is 2.07. The molecule has 0 amide bonds. The van der Waals surface area contributed by atoms with E-state index in [4.69, 9.17) is 0 Å². The summed E-state index contributed by atoms with van der Waals surface area (Å²) in [7, 11) is 4.37. The fourth-order valence-electron chi connectivity index (χ4n) is 2.07. The van der Waals surface area contributed by atoms with Gasteiger partial charge in [0.25, 0.3) is 0 Å². The van der Waals surface area contributed by atoms with Gasteiger partial charge in [-0.1, -0.05) is 0 Å². The molecule has 0 aliphatic carbocycles. The standard InChI is InChI=1S/C8H18N4/c1-11-5-3-10-8-7(11)9-4-6-12(8)2/h7-10H,3-6H2,1-2H3. The molecule has 2 atom stereocenters. The molecule has 2 N–H and O–H groups in total. The van der Waals surface area contributed by atoms with E-state index in [1.165, 1.54) is 0 Å². The van der Waals surface area contributed by atoms with Crippen molar-refractivity contribution in [2.75, 3.05) is 40.3 Å². The van der Waals surface area contributed by atoms with E-state index in [2.05, 4.69) is 34.5 Å². The number of nitrogens with zero attached hydrogens (tertiary/aromatic N) is 2. The monoisotopic (exact) mass is 170 g/mol. The van der Waals surface area contributed by atoms with Crippen LogP contribution in [0, 0.1) is 0 Å². The van der Waals surface area contributed by atoms with Crippen LogP contribution in [0.1, 0.15) is 0 Å². The van der Waals surface area contributed by atoms with Crippen LogP contribution in [0.5, 0.6) is 0 Å². The van der Waals surface area contributed by atoms with Gasteiger partial charge in [0.05, 0.1) is 12.3 Å². The first-order valence-corrected chi connectivity index (χ1v) is 4.66. The summed E-state index contributed by atoms with van der Waals surface area (Å²) in [4.78, 5) is 4.77. The van der Waals surface area contributed by atoms with Crippen LogP contribution in [0.3, 0.4) is 0 Å². The second-order valence-electron chi connectivity index (χ2n) is 3.76. The predicted molar refractivity (Wildman–Crippen MR) is 48.8 cm³/mol. The average Bonchev–Trinajstić information content (AvgIpc) is 2.07. The van der Waals surface area contributed by atoms with E-state index < -0.39 is 0 Å². The largest absolute Gasteiger partial charge is 0.298 e. The van der Waals surface area contributed by atoms with E-state index in [0.717, 1.165) is 26.2 Å². The second-order valence-corrected chi connectivity index (χ2v) is 3.76. The van der Waals surface area contributed by atoms with Gasteiger partial charge in [-0.05, 0) is 14.1 Å². The number of piperazine rings is 2. The molecule has 0 radical (unpaired) electrons. The van der Waals surface area contributed by atoms with Crippen molar-refractivity contribution in [3.63, 3.8) is 0 Å². The van der Waals surface area contributed by atoms with Crippen molar-refractivity contribution < 1.29 is 0 Å². The minimum Gasteiger partial charge on any atom is -0.298 e. The molecular weight excluding hydrogens is 152 g/mol. The highest BCUT2D eigenvalue weighted by Gasteiger charge is 2.33. The first-order valence-electron chi connectivity index (χ1n) is 4.66. The van der Waals surface area contributed by atoms with Gasteiger partial charge in [-0.2, -0.15) is 0 Å². The summed E-state index contributed by atoms with van der Waals surface area (Å²) in [6.07, 6.45) is 0.995. The van der Waals surface area contributed by atoms with Crippen LogP contribution in [-0.2, 0) is 0 Å². The molecule has 2 aliphatic heterocycles. The van der Waals surface area contributed by atoms with Crippen LogP contribution in [-0.4, -0.2) is 62.4 Å². The Morgan fingerprint density at radius 2 is 1.33 bits per heavy atom. The molecule has 0 aromatic heterocycles. The molecule has 2 fully saturated rings. The summed E-state index contributed by atoms with van der Waals surface area (Å²) in [5.41, 5.74) is 0. The SMILES string of the molecule is CN1CCNC2C1NCCN2C. The minimum atomic E-state index is 0.498. The van der Waals surface area contributed by atoms with Crippen molar-refractivity contribution in [1.82, 2.24) is 20.4 Å². The topological polar surface area (TPSA) is 30.5 Å². The molecule has 12 heavy (non-hydrogen) atoms. The lowest BCUT2D eigenvalue weighted by Gasteiger charge is -2.47. The Morgan fingerprint density at radius 3 is 1.75 bits per heavy atom. The maximum Gasteiger partial charge on any atom is 0.0892 e. The zero-order chi connectivity index (χ0) is 8.55. The molecule has 4 nitrogen and oxygen atoms in total.